The zero-order valence-corrected chi connectivity index (χ0v) is 9.17. The Balaban J connectivity index is 2.20. The van der Waals surface area contributed by atoms with Crippen LogP contribution < -0.4 is 0 Å². The number of carboxylic acids is 1. The second-order valence-corrected chi connectivity index (χ2v) is 4.92. The number of carboxylic acid groups (broad SMARTS) is 1. The van der Waals surface area contributed by atoms with E-state index in [1.54, 1.807) is 11.7 Å². The van der Waals surface area contributed by atoms with Gasteiger partial charge in [-0.15, -0.1) is 11.3 Å². The highest BCUT2D eigenvalue weighted by Crippen LogP contribution is 2.37. The molecule has 0 radical (unpaired) electrons. The number of thiazole rings is 1. The van der Waals surface area contributed by atoms with Crippen molar-refractivity contribution in [3.8, 4) is 0 Å². The second kappa shape index (κ2) is 4.14. The van der Waals surface area contributed by atoms with Gasteiger partial charge in [-0.1, -0.05) is 12.2 Å². The average Bonchev–Trinajstić information content (AvgIpc) is 2.71. The molecule has 80 valence electrons. The molecule has 1 aromatic rings. The number of nitrogens with zero attached hydrogens (tertiary/aromatic N) is 1. The molecule has 0 saturated heterocycles. The molecule has 1 aliphatic rings. The zero-order chi connectivity index (χ0) is 10.7. The van der Waals surface area contributed by atoms with E-state index in [-0.39, 0.29) is 0 Å². The summed E-state index contributed by atoms with van der Waals surface area (Å²) in [5, 5.41) is 9.34. The molecule has 0 amide bonds. The van der Waals surface area contributed by atoms with Crippen molar-refractivity contribution in [2.24, 2.45) is 5.41 Å². The van der Waals surface area contributed by atoms with Crippen LogP contribution in [0.3, 0.4) is 0 Å². The van der Waals surface area contributed by atoms with Crippen molar-refractivity contribution in [1.29, 1.82) is 0 Å². The predicted molar refractivity (Wildman–Crippen MR) is 58.9 cm³/mol. The predicted octanol–water partition coefficient (Wildman–Crippen LogP) is 2.50. The van der Waals surface area contributed by atoms with Crippen molar-refractivity contribution in [1.82, 2.24) is 4.98 Å². The third-order valence-electron chi connectivity index (χ3n) is 2.91. The van der Waals surface area contributed by atoms with Gasteiger partial charge in [0.15, 0.2) is 0 Å². The minimum absolute atomic E-state index is 0.596. The molecule has 2 rings (SSSR count). The summed E-state index contributed by atoms with van der Waals surface area (Å²) in [6.07, 6.45) is 8.67. The molecule has 1 unspecified atom stereocenters. The van der Waals surface area contributed by atoms with Crippen molar-refractivity contribution in [2.75, 3.05) is 0 Å². The van der Waals surface area contributed by atoms with Gasteiger partial charge in [-0.2, -0.15) is 0 Å². The molecule has 15 heavy (non-hydrogen) atoms. The van der Waals surface area contributed by atoms with E-state index in [2.05, 4.69) is 11.1 Å². The second-order valence-electron chi connectivity index (χ2n) is 3.94. The van der Waals surface area contributed by atoms with Crippen LogP contribution in [0.15, 0.2) is 23.9 Å². The minimum Gasteiger partial charge on any atom is -0.481 e. The number of allylic oxidation sites excluding steroid dienone is 2. The smallest absolute Gasteiger partial charge is 0.310 e. The van der Waals surface area contributed by atoms with Gasteiger partial charge in [0.1, 0.15) is 0 Å². The fourth-order valence-corrected chi connectivity index (χ4v) is 2.72. The van der Waals surface area contributed by atoms with Crippen LogP contribution in [0.25, 0.3) is 0 Å². The lowest BCUT2D eigenvalue weighted by Crippen LogP contribution is -2.33. The van der Waals surface area contributed by atoms with E-state index < -0.39 is 11.4 Å². The van der Waals surface area contributed by atoms with Crippen LogP contribution >= 0.6 is 11.3 Å². The SMILES string of the molecule is O=C(O)C1(Cc2cncs2)CC=CCC1. The maximum absolute atomic E-state index is 11.4. The van der Waals surface area contributed by atoms with Gasteiger partial charge in [-0.05, 0) is 25.7 Å². The Morgan fingerprint density at radius 3 is 3.00 bits per heavy atom. The molecule has 0 bridgehead atoms. The highest BCUT2D eigenvalue weighted by Gasteiger charge is 2.38. The van der Waals surface area contributed by atoms with E-state index in [1.165, 1.54) is 11.3 Å². The summed E-state index contributed by atoms with van der Waals surface area (Å²) < 4.78 is 0. The fraction of sp³-hybridized carbons (Fsp3) is 0.455. The first-order valence-corrected chi connectivity index (χ1v) is 5.87. The van der Waals surface area contributed by atoms with Gasteiger partial charge in [0.25, 0.3) is 0 Å². The van der Waals surface area contributed by atoms with Crippen molar-refractivity contribution in [3.05, 3.63) is 28.7 Å². The maximum atomic E-state index is 11.4. The number of hydrogen-bond donors (Lipinski definition) is 1. The van der Waals surface area contributed by atoms with Crippen LogP contribution in [-0.2, 0) is 11.2 Å². The quantitative estimate of drug-likeness (QED) is 0.801. The van der Waals surface area contributed by atoms with Crippen LogP contribution in [0.5, 0.6) is 0 Å². The molecule has 4 heteroatoms. The van der Waals surface area contributed by atoms with Crippen LogP contribution in [0.1, 0.15) is 24.1 Å². The first kappa shape index (κ1) is 10.4. The first-order valence-electron chi connectivity index (χ1n) is 4.99. The Hall–Kier alpha value is -1.16. The molecular formula is C11H13NO2S. The zero-order valence-electron chi connectivity index (χ0n) is 8.35. The van der Waals surface area contributed by atoms with Crippen molar-refractivity contribution in [2.45, 2.75) is 25.7 Å². The summed E-state index contributed by atoms with van der Waals surface area (Å²) in [7, 11) is 0. The average molecular weight is 223 g/mol. The third-order valence-corrected chi connectivity index (χ3v) is 3.69. The highest BCUT2D eigenvalue weighted by atomic mass is 32.1. The minimum atomic E-state index is -0.680. The van der Waals surface area contributed by atoms with Gasteiger partial charge in [0, 0.05) is 11.1 Å². The Labute approximate surface area is 92.5 Å². The number of aromatic nitrogens is 1. The van der Waals surface area contributed by atoms with Crippen LogP contribution in [0.2, 0.25) is 0 Å². The van der Waals surface area contributed by atoms with Gasteiger partial charge < -0.3 is 5.11 Å². The molecule has 0 saturated carbocycles. The summed E-state index contributed by atoms with van der Waals surface area (Å²) >= 11 is 1.53. The van der Waals surface area contributed by atoms with E-state index in [1.807, 2.05) is 6.08 Å². The van der Waals surface area contributed by atoms with Crippen LogP contribution in [-0.4, -0.2) is 16.1 Å². The van der Waals surface area contributed by atoms with E-state index >= 15 is 0 Å². The third kappa shape index (κ3) is 2.09. The summed E-state index contributed by atoms with van der Waals surface area (Å²) in [6.45, 7) is 0. The lowest BCUT2D eigenvalue weighted by molar-refractivity contribution is -0.149. The van der Waals surface area contributed by atoms with Gasteiger partial charge in [-0.3, -0.25) is 9.78 Å². The molecule has 3 nitrogen and oxygen atoms in total. The summed E-state index contributed by atoms with van der Waals surface area (Å²) in [5.74, 6) is -0.680. The van der Waals surface area contributed by atoms with Crippen LogP contribution in [0.4, 0.5) is 0 Å². The largest absolute Gasteiger partial charge is 0.481 e. The van der Waals surface area contributed by atoms with Gasteiger partial charge in [0.2, 0.25) is 0 Å². The Kier molecular flexibility index (Phi) is 2.86. The molecule has 0 aromatic carbocycles. The molecule has 0 spiro atoms. The molecule has 1 atom stereocenters. The molecule has 1 aromatic heterocycles. The van der Waals surface area contributed by atoms with Crippen molar-refractivity contribution < 1.29 is 9.90 Å². The molecule has 1 aliphatic carbocycles. The normalized spacial score (nSPS) is 25.3. The van der Waals surface area contributed by atoms with Crippen LogP contribution in [0, 0.1) is 5.41 Å². The van der Waals surface area contributed by atoms with E-state index in [0.29, 0.717) is 12.8 Å². The molecular weight excluding hydrogens is 210 g/mol. The van der Waals surface area contributed by atoms with Crippen molar-refractivity contribution in [3.63, 3.8) is 0 Å². The number of hydrogen-bond acceptors (Lipinski definition) is 3. The van der Waals surface area contributed by atoms with E-state index in [4.69, 9.17) is 0 Å². The molecule has 1 heterocycles. The molecule has 1 N–H and O–H groups in total. The number of carbonyl (C=O) groups is 1. The first-order chi connectivity index (χ1) is 7.23. The van der Waals surface area contributed by atoms with Gasteiger partial charge in [-0.25, -0.2) is 0 Å². The van der Waals surface area contributed by atoms with Gasteiger partial charge >= 0.3 is 5.97 Å². The molecule has 0 aliphatic heterocycles. The fourth-order valence-electron chi connectivity index (χ4n) is 1.98. The number of aliphatic carboxylic acids is 1. The maximum Gasteiger partial charge on any atom is 0.310 e. The Bertz CT molecular complexity index is 372. The lowest BCUT2D eigenvalue weighted by atomic mass is 9.74. The summed E-state index contributed by atoms with van der Waals surface area (Å²) in [5.41, 5.74) is 1.16. The molecule has 0 fully saturated rings. The number of rotatable bonds is 3. The summed E-state index contributed by atoms with van der Waals surface area (Å²) in [4.78, 5) is 16.4. The standard InChI is InChI=1S/C11H13NO2S/c13-10(14)11(4-2-1-3-5-11)6-9-7-12-8-15-9/h1-2,7-8H,3-6H2,(H,13,14). The lowest BCUT2D eigenvalue weighted by Gasteiger charge is -2.29. The Morgan fingerprint density at radius 1 is 1.60 bits per heavy atom. The topological polar surface area (TPSA) is 50.2 Å². The summed E-state index contributed by atoms with van der Waals surface area (Å²) in [6, 6.07) is 0. The van der Waals surface area contributed by atoms with Gasteiger partial charge in [0.05, 0.1) is 10.9 Å². The van der Waals surface area contributed by atoms with Crippen molar-refractivity contribution >= 4 is 17.3 Å². The van der Waals surface area contributed by atoms with E-state index in [0.717, 1.165) is 17.7 Å². The van der Waals surface area contributed by atoms with E-state index in [9.17, 15) is 9.90 Å². The monoisotopic (exact) mass is 223 g/mol. The highest BCUT2D eigenvalue weighted by molar-refractivity contribution is 7.09. The Morgan fingerprint density at radius 2 is 2.47 bits per heavy atom.